The Hall–Kier alpha value is -1.27. The van der Waals surface area contributed by atoms with Gasteiger partial charge in [0.15, 0.2) is 6.29 Å². The van der Waals surface area contributed by atoms with E-state index in [1.807, 2.05) is 0 Å². The summed E-state index contributed by atoms with van der Waals surface area (Å²) in [5.41, 5.74) is 1.37. The van der Waals surface area contributed by atoms with Crippen molar-refractivity contribution in [3.05, 3.63) is 23.0 Å². The molecular formula is C15H25NO4S. The SMILES string of the molecule is CCOC(=O)c1c(C)cn(COCCS(C)(C)C)c1C=O. The average molecular weight is 315 g/mol. The van der Waals surface area contributed by atoms with Crippen LogP contribution in [0.2, 0.25) is 0 Å². The molecular weight excluding hydrogens is 290 g/mol. The third-order valence-corrected chi connectivity index (χ3v) is 4.36. The minimum absolute atomic E-state index is 0.268. The molecule has 0 radical (unpaired) electrons. The monoisotopic (exact) mass is 315 g/mol. The predicted octanol–water partition coefficient (Wildman–Crippen LogP) is 2.45. The molecule has 1 heterocycles. The molecule has 0 atom stereocenters. The van der Waals surface area contributed by atoms with E-state index in [4.69, 9.17) is 9.47 Å². The van der Waals surface area contributed by atoms with Gasteiger partial charge in [0.1, 0.15) is 6.73 Å². The first-order valence-electron chi connectivity index (χ1n) is 6.86. The van der Waals surface area contributed by atoms with Crippen molar-refractivity contribution in [2.75, 3.05) is 37.7 Å². The van der Waals surface area contributed by atoms with Crippen molar-refractivity contribution in [3.63, 3.8) is 0 Å². The van der Waals surface area contributed by atoms with Gasteiger partial charge in [-0.1, -0.05) is 0 Å². The summed E-state index contributed by atoms with van der Waals surface area (Å²) < 4.78 is 12.3. The van der Waals surface area contributed by atoms with Crippen LogP contribution < -0.4 is 0 Å². The van der Waals surface area contributed by atoms with E-state index in [1.165, 1.54) is 0 Å². The van der Waals surface area contributed by atoms with Crippen molar-refractivity contribution in [2.45, 2.75) is 20.6 Å². The second-order valence-electron chi connectivity index (χ2n) is 5.71. The summed E-state index contributed by atoms with van der Waals surface area (Å²) in [6.07, 6.45) is 9.11. The highest BCUT2D eigenvalue weighted by Crippen LogP contribution is 2.33. The molecule has 6 heteroatoms. The summed E-state index contributed by atoms with van der Waals surface area (Å²) in [6.45, 7) is 4.72. The molecule has 0 aromatic carbocycles. The Bertz CT molecular complexity index is 503. The summed E-state index contributed by atoms with van der Waals surface area (Å²) in [7, 11) is -0.596. The number of ether oxygens (including phenoxy) is 2. The number of aldehydes is 1. The van der Waals surface area contributed by atoms with Crippen molar-refractivity contribution in [2.24, 2.45) is 0 Å². The van der Waals surface area contributed by atoms with Crippen molar-refractivity contribution in [1.82, 2.24) is 4.57 Å². The van der Waals surface area contributed by atoms with Crippen molar-refractivity contribution < 1.29 is 19.1 Å². The summed E-state index contributed by atoms with van der Waals surface area (Å²) in [5, 5.41) is 0. The van der Waals surface area contributed by atoms with Crippen LogP contribution in [-0.2, 0) is 16.2 Å². The van der Waals surface area contributed by atoms with Crippen LogP contribution >= 0.6 is 10.0 Å². The minimum atomic E-state index is -0.596. The largest absolute Gasteiger partial charge is 0.462 e. The van der Waals surface area contributed by atoms with Crippen LogP contribution in [-0.4, -0.2) is 54.6 Å². The first kappa shape index (κ1) is 17.8. The lowest BCUT2D eigenvalue weighted by atomic mass is 10.2. The maximum Gasteiger partial charge on any atom is 0.340 e. The fraction of sp³-hybridized carbons (Fsp3) is 0.600. The molecule has 0 fully saturated rings. The third kappa shape index (κ3) is 5.21. The van der Waals surface area contributed by atoms with E-state index in [0.29, 0.717) is 24.2 Å². The molecule has 0 saturated carbocycles. The van der Waals surface area contributed by atoms with Crippen LogP contribution in [0.15, 0.2) is 6.20 Å². The highest BCUT2D eigenvalue weighted by Gasteiger charge is 2.20. The van der Waals surface area contributed by atoms with E-state index < -0.39 is 16.0 Å². The zero-order valence-electron chi connectivity index (χ0n) is 13.5. The van der Waals surface area contributed by atoms with Gasteiger partial charge in [0.05, 0.1) is 24.5 Å². The molecule has 120 valence electrons. The van der Waals surface area contributed by atoms with E-state index >= 15 is 0 Å². The normalized spacial score (nSPS) is 12.2. The molecule has 21 heavy (non-hydrogen) atoms. The standard InChI is InChI=1S/C15H25NO4S/c1-6-20-15(18)14-12(2)9-16(13(14)10-17)11-19-7-8-21(3,4)5/h9-10H,6-8,11H2,1-5H3. The number of esters is 1. The lowest BCUT2D eigenvalue weighted by Crippen LogP contribution is -2.13. The lowest BCUT2D eigenvalue weighted by molar-refractivity contribution is 0.0521. The average Bonchev–Trinajstić information content (AvgIpc) is 2.69. The minimum Gasteiger partial charge on any atom is -0.462 e. The zero-order valence-corrected chi connectivity index (χ0v) is 14.3. The first-order chi connectivity index (χ1) is 9.80. The maximum atomic E-state index is 11.9. The van der Waals surface area contributed by atoms with Crippen LogP contribution in [0.5, 0.6) is 0 Å². The Morgan fingerprint density at radius 3 is 2.57 bits per heavy atom. The number of rotatable bonds is 8. The van der Waals surface area contributed by atoms with Gasteiger partial charge < -0.3 is 14.0 Å². The number of carbonyl (C=O) groups excluding carboxylic acids is 2. The molecule has 1 aromatic rings. The third-order valence-electron chi connectivity index (χ3n) is 2.97. The van der Waals surface area contributed by atoms with E-state index in [0.717, 1.165) is 11.3 Å². The number of carbonyl (C=O) groups is 2. The Labute approximate surface area is 127 Å². The molecule has 1 aromatic heterocycles. The molecule has 0 aliphatic heterocycles. The second-order valence-corrected chi connectivity index (χ2v) is 10.3. The van der Waals surface area contributed by atoms with Gasteiger partial charge in [0.2, 0.25) is 0 Å². The molecule has 0 saturated heterocycles. The van der Waals surface area contributed by atoms with Gasteiger partial charge in [0.25, 0.3) is 0 Å². The summed E-state index contributed by atoms with van der Waals surface area (Å²) >= 11 is 0. The maximum absolute atomic E-state index is 11.9. The quantitative estimate of drug-likeness (QED) is 0.420. The highest BCUT2D eigenvalue weighted by atomic mass is 32.3. The number of aromatic nitrogens is 1. The van der Waals surface area contributed by atoms with E-state index in [9.17, 15) is 9.59 Å². The van der Waals surface area contributed by atoms with Crippen LogP contribution in [0.4, 0.5) is 0 Å². The Morgan fingerprint density at radius 2 is 2.05 bits per heavy atom. The van der Waals surface area contributed by atoms with Crippen LogP contribution in [0.25, 0.3) is 0 Å². The summed E-state index contributed by atoms with van der Waals surface area (Å²) in [5.74, 6) is 0.545. The van der Waals surface area contributed by atoms with E-state index in [-0.39, 0.29) is 13.3 Å². The van der Waals surface area contributed by atoms with Crippen molar-refractivity contribution >= 4 is 22.3 Å². The highest BCUT2D eigenvalue weighted by molar-refractivity contribution is 8.32. The van der Waals surface area contributed by atoms with Crippen molar-refractivity contribution in [1.29, 1.82) is 0 Å². The van der Waals surface area contributed by atoms with Gasteiger partial charge in [-0.15, -0.1) is 0 Å². The number of aryl methyl sites for hydroxylation is 1. The zero-order chi connectivity index (χ0) is 16.0. The van der Waals surface area contributed by atoms with E-state index in [2.05, 4.69) is 18.8 Å². The lowest BCUT2D eigenvalue weighted by Gasteiger charge is -2.24. The smallest absolute Gasteiger partial charge is 0.340 e. The van der Waals surface area contributed by atoms with Gasteiger partial charge in [-0.2, -0.15) is 0 Å². The molecule has 0 aliphatic carbocycles. The van der Waals surface area contributed by atoms with E-state index in [1.54, 1.807) is 24.6 Å². The summed E-state index contributed by atoms with van der Waals surface area (Å²) in [4.78, 5) is 23.2. The fourth-order valence-corrected chi connectivity index (χ4v) is 2.51. The molecule has 0 spiro atoms. The van der Waals surface area contributed by atoms with Gasteiger partial charge in [-0.05, 0) is 38.2 Å². The predicted molar refractivity (Wildman–Crippen MR) is 86.7 cm³/mol. The fourth-order valence-electron chi connectivity index (χ4n) is 1.89. The van der Waals surface area contributed by atoms with Crippen LogP contribution in [0.3, 0.4) is 0 Å². The number of hydrogen-bond donors (Lipinski definition) is 0. The molecule has 1 rings (SSSR count). The van der Waals surface area contributed by atoms with Crippen LogP contribution in [0.1, 0.15) is 33.3 Å². The molecule has 5 nitrogen and oxygen atoms in total. The van der Waals surface area contributed by atoms with Gasteiger partial charge in [-0.25, -0.2) is 14.8 Å². The molecule has 0 bridgehead atoms. The first-order valence-corrected chi connectivity index (χ1v) is 9.88. The molecule has 0 aliphatic rings. The van der Waals surface area contributed by atoms with Gasteiger partial charge in [-0.3, -0.25) is 4.79 Å². The Morgan fingerprint density at radius 1 is 1.38 bits per heavy atom. The Kier molecular flexibility index (Phi) is 6.48. The number of nitrogens with zero attached hydrogens (tertiary/aromatic N) is 1. The topological polar surface area (TPSA) is 57.5 Å². The van der Waals surface area contributed by atoms with Gasteiger partial charge in [0, 0.05) is 11.9 Å². The Balaban J connectivity index is 2.77. The molecule has 0 amide bonds. The molecule has 0 unspecified atom stereocenters. The second kappa shape index (κ2) is 7.66. The summed E-state index contributed by atoms with van der Waals surface area (Å²) in [6, 6.07) is 0. The molecule has 0 N–H and O–H groups in total. The van der Waals surface area contributed by atoms with Crippen molar-refractivity contribution in [3.8, 4) is 0 Å². The van der Waals surface area contributed by atoms with Crippen LogP contribution in [0, 0.1) is 6.92 Å². The van der Waals surface area contributed by atoms with Gasteiger partial charge >= 0.3 is 5.97 Å². The number of hydrogen-bond acceptors (Lipinski definition) is 4.